The van der Waals surface area contributed by atoms with Gasteiger partial charge in [0.2, 0.25) is 0 Å². The van der Waals surface area contributed by atoms with Crippen molar-refractivity contribution < 1.29 is 4.79 Å². The van der Waals surface area contributed by atoms with Gasteiger partial charge in [-0.15, -0.1) is 11.3 Å². The minimum Gasteiger partial charge on any atom is -0.397 e. The molecule has 2 aromatic rings. The highest BCUT2D eigenvalue weighted by Crippen LogP contribution is 2.33. The summed E-state index contributed by atoms with van der Waals surface area (Å²) in [6.07, 6.45) is 4.56. The highest BCUT2D eigenvalue weighted by molar-refractivity contribution is 7.21. The van der Waals surface area contributed by atoms with Gasteiger partial charge in [0.1, 0.15) is 4.88 Å². The Kier molecular flexibility index (Phi) is 3.66. The van der Waals surface area contributed by atoms with Gasteiger partial charge < -0.3 is 11.1 Å². The Balaban J connectivity index is 1.77. The maximum atomic E-state index is 12.4. The third-order valence-electron chi connectivity index (χ3n) is 4.19. The molecule has 3 N–H and O–H groups in total. The molecule has 1 aromatic carbocycles. The van der Waals surface area contributed by atoms with Gasteiger partial charge in [0.25, 0.3) is 5.91 Å². The number of hydrogen-bond acceptors (Lipinski definition) is 3. The predicted octanol–water partition coefficient (Wildman–Crippen LogP) is 3.79. The van der Waals surface area contributed by atoms with Crippen LogP contribution in [0, 0.1) is 5.92 Å². The summed E-state index contributed by atoms with van der Waals surface area (Å²) in [5.41, 5.74) is 6.73. The van der Waals surface area contributed by atoms with Crippen LogP contribution in [0.4, 0.5) is 5.69 Å². The van der Waals surface area contributed by atoms with Crippen LogP contribution in [0.15, 0.2) is 24.3 Å². The van der Waals surface area contributed by atoms with E-state index >= 15 is 0 Å². The van der Waals surface area contributed by atoms with Crippen LogP contribution >= 0.6 is 11.3 Å². The summed E-state index contributed by atoms with van der Waals surface area (Å²) in [7, 11) is 0. The fourth-order valence-corrected chi connectivity index (χ4v) is 3.92. The second-order valence-electron chi connectivity index (χ2n) is 5.77. The zero-order valence-corrected chi connectivity index (χ0v) is 12.5. The van der Waals surface area contributed by atoms with E-state index < -0.39 is 0 Å². The van der Waals surface area contributed by atoms with E-state index in [1.807, 2.05) is 24.3 Å². The Morgan fingerprint density at radius 1 is 1.25 bits per heavy atom. The number of nitrogens with one attached hydrogen (secondary N) is 1. The van der Waals surface area contributed by atoms with Crippen molar-refractivity contribution in [3.63, 3.8) is 0 Å². The topological polar surface area (TPSA) is 55.1 Å². The SMILES string of the molecule is CC1CCC(NC(=O)c2sc3ccccc3c2N)CC1. The van der Waals surface area contributed by atoms with Gasteiger partial charge in [-0.3, -0.25) is 4.79 Å². The van der Waals surface area contributed by atoms with Gasteiger partial charge >= 0.3 is 0 Å². The molecule has 1 amide bonds. The van der Waals surface area contributed by atoms with E-state index in [2.05, 4.69) is 12.2 Å². The Bertz CT molecular complexity index is 626. The first-order chi connectivity index (χ1) is 9.65. The molecule has 0 aliphatic heterocycles. The van der Waals surface area contributed by atoms with Crippen molar-refractivity contribution >= 4 is 33.0 Å². The highest BCUT2D eigenvalue weighted by atomic mass is 32.1. The molecular weight excluding hydrogens is 268 g/mol. The van der Waals surface area contributed by atoms with Crippen molar-refractivity contribution in [1.29, 1.82) is 0 Å². The summed E-state index contributed by atoms with van der Waals surface area (Å²) in [6, 6.07) is 8.22. The van der Waals surface area contributed by atoms with Crippen LogP contribution in [0.1, 0.15) is 42.3 Å². The lowest BCUT2D eigenvalue weighted by Crippen LogP contribution is -2.37. The monoisotopic (exact) mass is 288 g/mol. The van der Waals surface area contributed by atoms with Crippen LogP contribution in [0.5, 0.6) is 0 Å². The summed E-state index contributed by atoms with van der Waals surface area (Å²) >= 11 is 1.48. The van der Waals surface area contributed by atoms with Gasteiger partial charge in [0, 0.05) is 16.1 Å². The summed E-state index contributed by atoms with van der Waals surface area (Å²) in [6.45, 7) is 2.28. The van der Waals surface area contributed by atoms with E-state index in [1.54, 1.807) is 0 Å². The van der Waals surface area contributed by atoms with Crippen LogP contribution in [0.3, 0.4) is 0 Å². The second kappa shape index (κ2) is 5.44. The van der Waals surface area contributed by atoms with Gasteiger partial charge in [-0.1, -0.05) is 25.1 Å². The summed E-state index contributed by atoms with van der Waals surface area (Å²) < 4.78 is 1.08. The van der Waals surface area contributed by atoms with Crippen molar-refractivity contribution in [1.82, 2.24) is 5.32 Å². The lowest BCUT2D eigenvalue weighted by atomic mass is 9.87. The number of hydrogen-bond donors (Lipinski definition) is 2. The molecule has 1 aliphatic carbocycles. The van der Waals surface area contributed by atoms with Crippen molar-refractivity contribution in [2.24, 2.45) is 5.92 Å². The maximum absolute atomic E-state index is 12.4. The molecule has 20 heavy (non-hydrogen) atoms. The number of rotatable bonds is 2. The number of thiophene rings is 1. The van der Waals surface area contributed by atoms with E-state index in [0.717, 1.165) is 28.8 Å². The van der Waals surface area contributed by atoms with Crippen LogP contribution in [-0.4, -0.2) is 11.9 Å². The zero-order valence-electron chi connectivity index (χ0n) is 11.7. The number of nitrogens with two attached hydrogens (primary N) is 1. The molecule has 0 saturated heterocycles. The predicted molar refractivity (Wildman–Crippen MR) is 85.1 cm³/mol. The van der Waals surface area contributed by atoms with Gasteiger partial charge in [-0.25, -0.2) is 0 Å². The normalized spacial score (nSPS) is 22.9. The molecule has 1 aromatic heterocycles. The largest absolute Gasteiger partial charge is 0.397 e. The number of anilines is 1. The van der Waals surface area contributed by atoms with Crippen LogP contribution in [-0.2, 0) is 0 Å². The van der Waals surface area contributed by atoms with E-state index in [4.69, 9.17) is 5.73 Å². The number of benzene rings is 1. The van der Waals surface area contributed by atoms with Crippen molar-refractivity contribution in [2.45, 2.75) is 38.6 Å². The lowest BCUT2D eigenvalue weighted by Gasteiger charge is -2.26. The summed E-state index contributed by atoms with van der Waals surface area (Å²) in [5, 5.41) is 4.14. The molecule has 106 valence electrons. The first-order valence-corrected chi connectivity index (χ1v) is 8.04. The molecule has 1 aliphatic rings. The second-order valence-corrected chi connectivity index (χ2v) is 6.82. The molecule has 1 heterocycles. The number of nitrogen functional groups attached to an aromatic ring is 1. The fourth-order valence-electron chi connectivity index (χ4n) is 2.89. The Morgan fingerprint density at radius 2 is 1.95 bits per heavy atom. The number of carbonyl (C=O) groups excluding carboxylic acids is 1. The molecule has 0 unspecified atom stereocenters. The quantitative estimate of drug-likeness (QED) is 0.883. The Morgan fingerprint density at radius 3 is 2.65 bits per heavy atom. The molecular formula is C16H20N2OS. The third kappa shape index (κ3) is 2.52. The molecule has 4 heteroatoms. The van der Waals surface area contributed by atoms with Crippen LogP contribution in [0.25, 0.3) is 10.1 Å². The summed E-state index contributed by atoms with van der Waals surface area (Å²) in [5.74, 6) is 0.779. The minimum atomic E-state index is -0.0109. The fraction of sp³-hybridized carbons (Fsp3) is 0.438. The zero-order chi connectivity index (χ0) is 14.1. The number of fused-ring (bicyclic) bond motifs is 1. The molecule has 0 atom stereocenters. The van der Waals surface area contributed by atoms with Crippen LogP contribution in [0.2, 0.25) is 0 Å². The van der Waals surface area contributed by atoms with Crippen molar-refractivity contribution in [3.05, 3.63) is 29.1 Å². The van der Waals surface area contributed by atoms with Crippen molar-refractivity contribution in [2.75, 3.05) is 5.73 Å². The Hall–Kier alpha value is -1.55. The van der Waals surface area contributed by atoms with Gasteiger partial charge in [-0.05, 0) is 37.7 Å². The van der Waals surface area contributed by atoms with Gasteiger partial charge in [0.15, 0.2) is 0 Å². The smallest absolute Gasteiger partial charge is 0.263 e. The first kappa shape index (κ1) is 13.4. The average molecular weight is 288 g/mol. The van der Waals surface area contributed by atoms with E-state index in [-0.39, 0.29) is 5.91 Å². The third-order valence-corrected chi connectivity index (χ3v) is 5.38. The standard InChI is InChI=1S/C16H20N2OS/c1-10-6-8-11(9-7-10)18-16(19)15-14(17)12-4-2-3-5-13(12)20-15/h2-5,10-11H,6-9,17H2,1H3,(H,18,19). The average Bonchev–Trinajstić information content (AvgIpc) is 2.79. The highest BCUT2D eigenvalue weighted by Gasteiger charge is 2.22. The first-order valence-electron chi connectivity index (χ1n) is 7.23. The molecule has 3 nitrogen and oxygen atoms in total. The molecule has 0 spiro atoms. The van der Waals surface area contributed by atoms with E-state index in [1.165, 1.54) is 24.2 Å². The van der Waals surface area contributed by atoms with E-state index in [0.29, 0.717) is 16.6 Å². The lowest BCUT2D eigenvalue weighted by molar-refractivity contribution is 0.0928. The molecule has 3 rings (SSSR count). The van der Waals surface area contributed by atoms with Gasteiger partial charge in [-0.2, -0.15) is 0 Å². The molecule has 0 radical (unpaired) electrons. The Labute approximate surface area is 123 Å². The van der Waals surface area contributed by atoms with Crippen LogP contribution < -0.4 is 11.1 Å². The molecule has 1 saturated carbocycles. The minimum absolute atomic E-state index is 0.0109. The molecule has 1 fully saturated rings. The number of carbonyl (C=O) groups is 1. The summed E-state index contributed by atoms with van der Waals surface area (Å²) in [4.78, 5) is 13.1. The van der Waals surface area contributed by atoms with E-state index in [9.17, 15) is 4.79 Å². The number of amides is 1. The van der Waals surface area contributed by atoms with Gasteiger partial charge in [0.05, 0.1) is 5.69 Å². The van der Waals surface area contributed by atoms with Crippen molar-refractivity contribution in [3.8, 4) is 0 Å². The maximum Gasteiger partial charge on any atom is 0.263 e. The molecule has 0 bridgehead atoms.